The van der Waals surface area contributed by atoms with Crippen LogP contribution in [0.2, 0.25) is 0 Å². The Morgan fingerprint density at radius 2 is 1.44 bits per heavy atom. The fraction of sp³-hybridized carbons (Fsp3) is 0.333. The Morgan fingerprint density at radius 1 is 0.926 bits per heavy atom. The van der Waals surface area contributed by atoms with Crippen LogP contribution in [0.25, 0.3) is 6.08 Å². The van der Waals surface area contributed by atoms with E-state index in [9.17, 15) is 9.59 Å². The summed E-state index contributed by atoms with van der Waals surface area (Å²) in [6.07, 6.45) is 6.81. The van der Waals surface area contributed by atoms with Crippen molar-refractivity contribution in [1.29, 1.82) is 0 Å². The molecule has 0 radical (unpaired) electrons. The molecule has 1 aromatic rings. The molecule has 0 N–H and O–H groups in total. The van der Waals surface area contributed by atoms with Crippen LogP contribution < -0.4 is 14.2 Å². The molecule has 6 heteroatoms. The fourth-order valence-corrected chi connectivity index (χ4v) is 1.93. The summed E-state index contributed by atoms with van der Waals surface area (Å²) in [5, 5.41) is 0. The van der Waals surface area contributed by atoms with Crippen LogP contribution in [0.15, 0.2) is 41.5 Å². The molecule has 146 valence electrons. The van der Waals surface area contributed by atoms with Crippen LogP contribution in [0.1, 0.15) is 33.3 Å². The molecule has 0 atom stereocenters. The van der Waals surface area contributed by atoms with Crippen LogP contribution in [0.3, 0.4) is 0 Å². The number of benzene rings is 1. The standard InChI is InChI=1S/C21H26O6/c1-7-14(3)20(22)26-11-9-10-16-12-17(24-5)19(18(13-16)25-6)27-21(23)15(4)8-2/h7-10,12-13H,11H2,1-6H3/b10-9+,14-7-,15-8-. The minimum atomic E-state index is -0.483. The maximum absolute atomic E-state index is 12.1. The second-order valence-electron chi connectivity index (χ2n) is 5.59. The third kappa shape index (κ3) is 6.33. The summed E-state index contributed by atoms with van der Waals surface area (Å²) < 4.78 is 21.2. The van der Waals surface area contributed by atoms with Gasteiger partial charge < -0.3 is 18.9 Å². The first-order valence-corrected chi connectivity index (χ1v) is 8.45. The predicted octanol–water partition coefficient (Wildman–Crippen LogP) is 4.10. The van der Waals surface area contributed by atoms with Gasteiger partial charge in [-0.05, 0) is 51.5 Å². The van der Waals surface area contributed by atoms with Crippen molar-refractivity contribution in [3.8, 4) is 17.2 Å². The summed E-state index contributed by atoms with van der Waals surface area (Å²) in [4.78, 5) is 23.6. The molecule has 0 amide bonds. The second-order valence-corrected chi connectivity index (χ2v) is 5.59. The van der Waals surface area contributed by atoms with Gasteiger partial charge >= 0.3 is 11.9 Å². The van der Waals surface area contributed by atoms with Gasteiger partial charge in [-0.15, -0.1) is 0 Å². The van der Waals surface area contributed by atoms with Gasteiger partial charge in [-0.25, -0.2) is 9.59 Å². The first-order valence-electron chi connectivity index (χ1n) is 8.45. The fourth-order valence-electron chi connectivity index (χ4n) is 1.93. The Balaban J connectivity index is 3.00. The van der Waals surface area contributed by atoms with Gasteiger partial charge in [0.1, 0.15) is 6.61 Å². The minimum Gasteiger partial charge on any atom is -0.493 e. The number of ether oxygens (including phenoxy) is 4. The Kier molecular flexibility index (Phi) is 8.85. The lowest BCUT2D eigenvalue weighted by Gasteiger charge is -2.14. The highest BCUT2D eigenvalue weighted by atomic mass is 16.6. The van der Waals surface area contributed by atoms with Crippen molar-refractivity contribution in [3.05, 3.63) is 47.1 Å². The third-order valence-electron chi connectivity index (χ3n) is 3.81. The van der Waals surface area contributed by atoms with E-state index in [-0.39, 0.29) is 18.3 Å². The molecular formula is C21H26O6. The first kappa shape index (κ1) is 22.0. The molecule has 0 aromatic heterocycles. The summed E-state index contributed by atoms with van der Waals surface area (Å²) in [5.41, 5.74) is 1.76. The van der Waals surface area contributed by atoms with Crippen LogP contribution >= 0.6 is 0 Å². The van der Waals surface area contributed by atoms with Gasteiger partial charge in [-0.3, -0.25) is 0 Å². The Morgan fingerprint density at radius 3 is 1.93 bits per heavy atom. The van der Waals surface area contributed by atoms with E-state index < -0.39 is 5.97 Å². The normalized spacial score (nSPS) is 12.1. The zero-order valence-corrected chi connectivity index (χ0v) is 16.6. The van der Waals surface area contributed by atoms with Gasteiger partial charge in [-0.1, -0.05) is 18.2 Å². The highest BCUT2D eigenvalue weighted by molar-refractivity contribution is 5.90. The smallest absolute Gasteiger partial charge is 0.339 e. The van der Waals surface area contributed by atoms with E-state index in [2.05, 4.69) is 0 Å². The lowest BCUT2D eigenvalue weighted by Crippen LogP contribution is -2.11. The molecule has 0 bridgehead atoms. The van der Waals surface area contributed by atoms with Crippen molar-refractivity contribution < 1.29 is 28.5 Å². The molecule has 0 saturated carbocycles. The monoisotopic (exact) mass is 374 g/mol. The van der Waals surface area contributed by atoms with E-state index in [0.29, 0.717) is 22.6 Å². The summed E-state index contributed by atoms with van der Waals surface area (Å²) in [6, 6.07) is 3.40. The Labute approximate surface area is 160 Å². The van der Waals surface area contributed by atoms with Gasteiger partial charge in [0, 0.05) is 11.1 Å². The van der Waals surface area contributed by atoms with Crippen LogP contribution in [0.5, 0.6) is 17.2 Å². The van der Waals surface area contributed by atoms with Gasteiger partial charge in [-0.2, -0.15) is 0 Å². The van der Waals surface area contributed by atoms with Crippen molar-refractivity contribution in [2.24, 2.45) is 0 Å². The summed E-state index contributed by atoms with van der Waals surface area (Å²) >= 11 is 0. The Bertz CT molecular complexity index is 746. The minimum absolute atomic E-state index is 0.131. The van der Waals surface area contributed by atoms with Gasteiger partial charge in [0.05, 0.1) is 14.2 Å². The number of hydrogen-bond donors (Lipinski definition) is 0. The lowest BCUT2D eigenvalue weighted by atomic mass is 10.1. The van der Waals surface area contributed by atoms with E-state index in [4.69, 9.17) is 18.9 Å². The number of methoxy groups -OCH3 is 2. The summed E-state index contributed by atoms with van der Waals surface area (Å²) in [5.74, 6) is 0.0714. The van der Waals surface area contributed by atoms with Crippen molar-refractivity contribution >= 4 is 18.0 Å². The van der Waals surface area contributed by atoms with Gasteiger partial charge in [0.25, 0.3) is 0 Å². The maximum Gasteiger partial charge on any atom is 0.339 e. The first-order chi connectivity index (χ1) is 12.9. The Hall–Kier alpha value is -3.02. The molecule has 0 aliphatic rings. The van der Waals surface area contributed by atoms with E-state index >= 15 is 0 Å². The zero-order chi connectivity index (χ0) is 20.4. The van der Waals surface area contributed by atoms with E-state index in [1.165, 1.54) is 14.2 Å². The number of carbonyl (C=O) groups excluding carboxylic acids is 2. The molecule has 0 heterocycles. The highest BCUT2D eigenvalue weighted by Gasteiger charge is 2.18. The molecule has 0 spiro atoms. The van der Waals surface area contributed by atoms with Crippen LogP contribution in [0.4, 0.5) is 0 Å². The van der Waals surface area contributed by atoms with E-state index in [1.807, 2.05) is 0 Å². The molecule has 0 saturated heterocycles. The molecule has 1 aromatic carbocycles. The molecule has 27 heavy (non-hydrogen) atoms. The molecule has 0 unspecified atom stereocenters. The predicted molar refractivity (Wildman–Crippen MR) is 104 cm³/mol. The topological polar surface area (TPSA) is 71.1 Å². The largest absolute Gasteiger partial charge is 0.493 e. The number of esters is 2. The van der Waals surface area contributed by atoms with Crippen molar-refractivity contribution in [2.75, 3.05) is 20.8 Å². The number of allylic oxidation sites excluding steroid dienone is 2. The SMILES string of the molecule is C/C=C(/C)C(=O)OC/C=C/c1cc(OC)c(OC(=O)/C(C)=C\C)c(OC)c1. The molecule has 0 aliphatic carbocycles. The number of carbonyl (C=O) groups is 2. The third-order valence-corrected chi connectivity index (χ3v) is 3.81. The average Bonchev–Trinajstić information content (AvgIpc) is 2.69. The second kappa shape index (κ2) is 10.9. The van der Waals surface area contributed by atoms with Crippen molar-refractivity contribution in [1.82, 2.24) is 0 Å². The quantitative estimate of drug-likeness (QED) is 0.388. The average molecular weight is 374 g/mol. The van der Waals surface area contributed by atoms with Crippen molar-refractivity contribution in [2.45, 2.75) is 27.7 Å². The summed E-state index contributed by atoms with van der Waals surface area (Å²) in [6.45, 7) is 7.01. The molecule has 6 nitrogen and oxygen atoms in total. The zero-order valence-electron chi connectivity index (χ0n) is 16.6. The highest BCUT2D eigenvalue weighted by Crippen LogP contribution is 2.39. The number of rotatable bonds is 8. The lowest BCUT2D eigenvalue weighted by molar-refractivity contribution is -0.137. The molecular weight excluding hydrogens is 348 g/mol. The summed E-state index contributed by atoms with van der Waals surface area (Å²) in [7, 11) is 2.95. The van der Waals surface area contributed by atoms with Gasteiger partial charge in [0.15, 0.2) is 11.5 Å². The van der Waals surface area contributed by atoms with E-state index in [1.54, 1.807) is 64.1 Å². The van der Waals surface area contributed by atoms with Crippen LogP contribution in [0, 0.1) is 0 Å². The molecule has 0 fully saturated rings. The van der Waals surface area contributed by atoms with Gasteiger partial charge in [0.2, 0.25) is 5.75 Å². The van der Waals surface area contributed by atoms with Crippen LogP contribution in [-0.4, -0.2) is 32.8 Å². The maximum atomic E-state index is 12.1. The van der Waals surface area contributed by atoms with E-state index in [0.717, 1.165) is 5.56 Å². The number of hydrogen-bond acceptors (Lipinski definition) is 6. The molecule has 1 rings (SSSR count). The van der Waals surface area contributed by atoms with Crippen molar-refractivity contribution in [3.63, 3.8) is 0 Å². The molecule has 0 aliphatic heterocycles. The van der Waals surface area contributed by atoms with Crippen LogP contribution in [-0.2, 0) is 14.3 Å².